The Labute approximate surface area is 128 Å². The first-order chi connectivity index (χ1) is 10.6. The van der Waals surface area contributed by atoms with Crippen LogP contribution in [0.2, 0.25) is 0 Å². The molecule has 1 aromatic carbocycles. The maximum Gasteiger partial charge on any atom is 0.303 e. The number of carbonyl (C=O) groups is 2. The Hall–Kier alpha value is -2.43. The maximum atomic E-state index is 11.9. The van der Waals surface area contributed by atoms with E-state index in [4.69, 9.17) is 5.11 Å². The van der Waals surface area contributed by atoms with Crippen molar-refractivity contribution in [2.24, 2.45) is 0 Å². The first kappa shape index (κ1) is 14.5. The lowest BCUT2D eigenvalue weighted by Gasteiger charge is -2.14. The molecule has 0 atom stereocenters. The van der Waals surface area contributed by atoms with E-state index in [-0.39, 0.29) is 18.6 Å². The molecule has 1 aromatic heterocycles. The smallest absolute Gasteiger partial charge is 0.303 e. The van der Waals surface area contributed by atoms with Gasteiger partial charge in [0.2, 0.25) is 0 Å². The molecule has 0 saturated carbocycles. The van der Waals surface area contributed by atoms with Gasteiger partial charge in [-0.15, -0.1) is 0 Å². The summed E-state index contributed by atoms with van der Waals surface area (Å²) in [6.45, 7) is 0. The molecule has 0 unspecified atom stereocenters. The minimum atomic E-state index is -0.949. The number of ketones is 1. The van der Waals surface area contributed by atoms with Gasteiger partial charge in [-0.3, -0.25) is 9.59 Å². The summed E-state index contributed by atoms with van der Waals surface area (Å²) in [4.78, 5) is 26.9. The highest BCUT2D eigenvalue weighted by Gasteiger charge is 2.16. The van der Waals surface area contributed by atoms with Crippen molar-refractivity contribution in [2.45, 2.75) is 38.5 Å². The number of aryl methyl sites for hydroxylation is 1. The molecule has 5 nitrogen and oxygen atoms in total. The van der Waals surface area contributed by atoms with Crippen LogP contribution >= 0.6 is 0 Å². The van der Waals surface area contributed by atoms with Crippen molar-refractivity contribution in [2.75, 3.05) is 0 Å². The second kappa shape index (κ2) is 6.13. The summed E-state index contributed by atoms with van der Waals surface area (Å²) in [5.41, 5.74) is 3.98. The number of carbonyl (C=O) groups excluding carboxylic acids is 1. The van der Waals surface area contributed by atoms with Gasteiger partial charge in [0.05, 0.1) is 18.4 Å². The summed E-state index contributed by atoms with van der Waals surface area (Å²) in [5, 5.41) is 8.63. The number of hydrogen-bond donors (Lipinski definition) is 1. The molecule has 0 bridgehead atoms. The summed E-state index contributed by atoms with van der Waals surface area (Å²) < 4.78 is 2.08. The number of nitrogens with zero attached hydrogens (tertiary/aromatic N) is 2. The average molecular weight is 298 g/mol. The molecule has 0 spiro atoms. The number of benzene rings is 1. The highest BCUT2D eigenvalue weighted by Crippen LogP contribution is 2.23. The number of aromatic nitrogens is 2. The fourth-order valence-corrected chi connectivity index (χ4v) is 2.86. The topological polar surface area (TPSA) is 72.2 Å². The number of carboxylic acids is 1. The second-order valence-corrected chi connectivity index (χ2v) is 5.58. The monoisotopic (exact) mass is 298 g/mol. The summed E-state index contributed by atoms with van der Waals surface area (Å²) in [6, 6.07) is 7.30. The third-order valence-electron chi connectivity index (χ3n) is 4.06. The lowest BCUT2D eigenvalue weighted by molar-refractivity contribution is -0.136. The predicted molar refractivity (Wildman–Crippen MR) is 81.4 cm³/mol. The number of aliphatic carboxylic acids is 1. The molecule has 0 saturated heterocycles. The molecular weight excluding hydrogens is 280 g/mol. The third kappa shape index (κ3) is 2.93. The lowest BCUT2D eigenvalue weighted by Crippen LogP contribution is -2.07. The average Bonchev–Trinajstić information content (AvgIpc) is 2.97. The molecule has 0 amide bonds. The van der Waals surface area contributed by atoms with E-state index >= 15 is 0 Å². The predicted octanol–water partition coefficient (Wildman–Crippen LogP) is 2.80. The number of rotatable bonds is 5. The van der Waals surface area contributed by atoms with Crippen molar-refractivity contribution in [3.63, 3.8) is 0 Å². The van der Waals surface area contributed by atoms with Crippen LogP contribution in [0.4, 0.5) is 0 Å². The van der Waals surface area contributed by atoms with E-state index in [9.17, 15) is 9.59 Å². The molecule has 1 aliphatic rings. The minimum Gasteiger partial charge on any atom is -0.481 e. The minimum absolute atomic E-state index is 0.0369. The van der Waals surface area contributed by atoms with E-state index in [1.807, 2.05) is 18.5 Å². The van der Waals surface area contributed by atoms with E-state index in [2.05, 4.69) is 9.55 Å². The van der Waals surface area contributed by atoms with Crippen LogP contribution in [0.25, 0.3) is 5.69 Å². The molecule has 2 aromatic rings. The Morgan fingerprint density at radius 2 is 1.82 bits per heavy atom. The summed E-state index contributed by atoms with van der Waals surface area (Å²) in [7, 11) is 0. The first-order valence-corrected chi connectivity index (χ1v) is 7.55. The largest absolute Gasteiger partial charge is 0.481 e. The Morgan fingerprint density at radius 1 is 1.09 bits per heavy atom. The van der Waals surface area contributed by atoms with Crippen molar-refractivity contribution < 1.29 is 14.7 Å². The van der Waals surface area contributed by atoms with Gasteiger partial charge in [0.15, 0.2) is 5.78 Å². The van der Waals surface area contributed by atoms with Crippen molar-refractivity contribution in [3.8, 4) is 5.69 Å². The number of hydrogen-bond acceptors (Lipinski definition) is 3. The van der Waals surface area contributed by atoms with Crippen LogP contribution in [0.15, 0.2) is 30.6 Å². The van der Waals surface area contributed by atoms with Crippen molar-refractivity contribution in [1.82, 2.24) is 9.55 Å². The molecule has 1 aliphatic carbocycles. The van der Waals surface area contributed by atoms with Crippen LogP contribution in [-0.4, -0.2) is 26.4 Å². The van der Waals surface area contributed by atoms with Gasteiger partial charge in [0.1, 0.15) is 0 Å². The normalized spacial score (nSPS) is 13.6. The second-order valence-electron chi connectivity index (χ2n) is 5.58. The summed E-state index contributed by atoms with van der Waals surface area (Å²) >= 11 is 0. The van der Waals surface area contributed by atoms with E-state index in [0.29, 0.717) is 5.56 Å². The molecule has 5 heteroatoms. The zero-order valence-electron chi connectivity index (χ0n) is 12.3. The van der Waals surface area contributed by atoms with Crippen molar-refractivity contribution >= 4 is 11.8 Å². The Balaban J connectivity index is 1.78. The van der Waals surface area contributed by atoms with Gasteiger partial charge in [-0.05, 0) is 49.9 Å². The molecule has 114 valence electrons. The Kier molecular flexibility index (Phi) is 4.04. The molecular formula is C17H18N2O3. The van der Waals surface area contributed by atoms with E-state index < -0.39 is 5.97 Å². The fourth-order valence-electron chi connectivity index (χ4n) is 2.86. The van der Waals surface area contributed by atoms with E-state index in [0.717, 1.165) is 18.5 Å². The Morgan fingerprint density at radius 3 is 2.55 bits per heavy atom. The molecule has 0 fully saturated rings. The summed E-state index contributed by atoms with van der Waals surface area (Å²) in [5.74, 6) is -1.09. The first-order valence-electron chi connectivity index (χ1n) is 7.55. The van der Waals surface area contributed by atoms with Crippen LogP contribution in [0.1, 0.15) is 47.4 Å². The van der Waals surface area contributed by atoms with E-state index in [1.165, 1.54) is 24.2 Å². The SMILES string of the molecule is O=C(O)CCC(=O)c1ccc(-n2cnc3c2CCCC3)cc1. The number of imidazole rings is 1. The zero-order chi connectivity index (χ0) is 15.5. The lowest BCUT2D eigenvalue weighted by atomic mass is 10.0. The van der Waals surface area contributed by atoms with Crippen LogP contribution in [0.3, 0.4) is 0 Å². The molecule has 1 N–H and O–H groups in total. The van der Waals surface area contributed by atoms with Crippen LogP contribution < -0.4 is 0 Å². The van der Waals surface area contributed by atoms with Crippen LogP contribution in [-0.2, 0) is 17.6 Å². The van der Waals surface area contributed by atoms with Gasteiger partial charge in [-0.25, -0.2) is 4.98 Å². The van der Waals surface area contributed by atoms with Gasteiger partial charge >= 0.3 is 5.97 Å². The van der Waals surface area contributed by atoms with Crippen LogP contribution in [0, 0.1) is 0 Å². The summed E-state index contributed by atoms with van der Waals surface area (Å²) in [6.07, 6.45) is 6.20. The molecule has 3 rings (SSSR count). The molecule has 22 heavy (non-hydrogen) atoms. The maximum absolute atomic E-state index is 11.9. The van der Waals surface area contributed by atoms with Crippen LogP contribution in [0.5, 0.6) is 0 Å². The standard InChI is InChI=1S/C17H18N2O3/c20-16(9-10-17(21)22)12-5-7-13(8-6-12)19-11-18-14-3-1-2-4-15(14)19/h5-8,11H,1-4,9-10H2,(H,21,22). The Bertz CT molecular complexity index is 701. The van der Waals surface area contributed by atoms with Gasteiger partial charge < -0.3 is 9.67 Å². The highest BCUT2D eigenvalue weighted by molar-refractivity contribution is 5.97. The molecule has 0 radical (unpaired) electrons. The number of fused-ring (bicyclic) bond motifs is 1. The van der Waals surface area contributed by atoms with Gasteiger partial charge in [0, 0.05) is 23.4 Å². The zero-order valence-corrected chi connectivity index (χ0v) is 12.3. The van der Waals surface area contributed by atoms with Gasteiger partial charge in [0.25, 0.3) is 0 Å². The molecule has 1 heterocycles. The van der Waals surface area contributed by atoms with Crippen molar-refractivity contribution in [1.29, 1.82) is 0 Å². The van der Waals surface area contributed by atoms with E-state index in [1.54, 1.807) is 12.1 Å². The number of Topliss-reactive ketones (excluding diaryl/α,β-unsaturated/α-hetero) is 1. The highest BCUT2D eigenvalue weighted by atomic mass is 16.4. The molecule has 0 aliphatic heterocycles. The number of carboxylic acid groups (broad SMARTS) is 1. The van der Waals surface area contributed by atoms with Gasteiger partial charge in [-0.2, -0.15) is 0 Å². The van der Waals surface area contributed by atoms with Gasteiger partial charge in [-0.1, -0.05) is 0 Å². The van der Waals surface area contributed by atoms with Crippen molar-refractivity contribution in [3.05, 3.63) is 47.5 Å². The fraction of sp³-hybridized carbons (Fsp3) is 0.353. The third-order valence-corrected chi connectivity index (χ3v) is 4.06. The quantitative estimate of drug-likeness (QED) is 0.862.